The van der Waals surface area contributed by atoms with E-state index in [9.17, 15) is 4.79 Å². The van der Waals surface area contributed by atoms with Crippen LogP contribution in [0.25, 0.3) is 0 Å². The summed E-state index contributed by atoms with van der Waals surface area (Å²) in [4.78, 5) is 15.0. The fraction of sp³-hybridized carbons (Fsp3) is 0.933. The Hall–Kier alpha value is -0.280. The predicted octanol–water partition coefficient (Wildman–Crippen LogP) is 2.83. The molecule has 4 heteroatoms. The van der Waals surface area contributed by atoms with Gasteiger partial charge in [-0.3, -0.25) is 4.79 Å². The van der Waals surface area contributed by atoms with Crippen LogP contribution < -0.4 is 5.32 Å². The molecule has 19 heavy (non-hydrogen) atoms. The summed E-state index contributed by atoms with van der Waals surface area (Å²) < 4.78 is 0. The Morgan fingerprint density at radius 2 is 1.79 bits per heavy atom. The average Bonchev–Trinajstić information content (AvgIpc) is 3.23. The molecule has 1 saturated heterocycles. The second kappa shape index (κ2) is 7.49. The van der Waals surface area contributed by atoms with Gasteiger partial charge in [-0.2, -0.15) is 0 Å². The summed E-state index contributed by atoms with van der Waals surface area (Å²) >= 11 is 0. The van der Waals surface area contributed by atoms with E-state index in [1.165, 1.54) is 12.8 Å². The van der Waals surface area contributed by atoms with Gasteiger partial charge in [0.1, 0.15) is 0 Å². The maximum atomic E-state index is 12.7. The van der Waals surface area contributed by atoms with Crippen LogP contribution in [0.3, 0.4) is 0 Å². The Morgan fingerprint density at radius 3 is 2.26 bits per heavy atom. The lowest BCUT2D eigenvalue weighted by atomic mass is 9.93. The Balaban J connectivity index is 0.00000180. The lowest BCUT2D eigenvalue weighted by Crippen LogP contribution is -2.48. The van der Waals surface area contributed by atoms with Crippen LogP contribution in [0.4, 0.5) is 0 Å². The molecule has 112 valence electrons. The van der Waals surface area contributed by atoms with Crippen molar-refractivity contribution in [2.24, 2.45) is 11.8 Å². The zero-order valence-corrected chi connectivity index (χ0v) is 13.3. The second-order valence-electron chi connectivity index (χ2n) is 6.13. The van der Waals surface area contributed by atoms with Crippen molar-refractivity contribution in [2.45, 2.75) is 65.0 Å². The molecule has 2 atom stereocenters. The van der Waals surface area contributed by atoms with E-state index in [2.05, 4.69) is 31.0 Å². The second-order valence-corrected chi connectivity index (χ2v) is 6.13. The summed E-state index contributed by atoms with van der Waals surface area (Å²) in [5, 5.41) is 3.35. The van der Waals surface area contributed by atoms with E-state index in [0.29, 0.717) is 23.9 Å². The van der Waals surface area contributed by atoms with Gasteiger partial charge in [-0.15, -0.1) is 12.4 Å². The van der Waals surface area contributed by atoms with E-state index < -0.39 is 0 Å². The molecule has 0 bridgehead atoms. The molecule has 1 aliphatic heterocycles. The van der Waals surface area contributed by atoms with E-state index in [1.54, 1.807) is 0 Å². The Morgan fingerprint density at radius 1 is 1.21 bits per heavy atom. The highest BCUT2D eigenvalue weighted by Gasteiger charge is 2.39. The number of nitrogens with one attached hydrogen (secondary N) is 1. The van der Waals surface area contributed by atoms with E-state index in [0.717, 1.165) is 32.4 Å². The van der Waals surface area contributed by atoms with Crippen LogP contribution in [0.15, 0.2) is 0 Å². The van der Waals surface area contributed by atoms with Gasteiger partial charge in [-0.05, 0) is 51.6 Å². The maximum Gasteiger partial charge on any atom is 0.226 e. The molecule has 0 spiro atoms. The van der Waals surface area contributed by atoms with Gasteiger partial charge in [0.25, 0.3) is 0 Å². The molecule has 1 heterocycles. The highest BCUT2D eigenvalue weighted by molar-refractivity contribution is 5.85. The van der Waals surface area contributed by atoms with Crippen LogP contribution in [0.1, 0.15) is 52.9 Å². The standard InChI is InChI=1S/C15H28N2O.ClH/c1-4-11(2)12(3)17(14-5-6-14)15(18)13-7-9-16-10-8-13;/h11-14,16H,4-10H2,1-3H3;1H. The molecular formula is C15H29ClN2O. The third-order valence-corrected chi connectivity index (χ3v) is 4.79. The number of hydrogen-bond donors (Lipinski definition) is 1. The number of hydrogen-bond acceptors (Lipinski definition) is 2. The van der Waals surface area contributed by atoms with Gasteiger partial charge >= 0.3 is 0 Å². The van der Waals surface area contributed by atoms with E-state index in [1.807, 2.05) is 0 Å². The van der Waals surface area contributed by atoms with Crippen molar-refractivity contribution in [3.8, 4) is 0 Å². The van der Waals surface area contributed by atoms with Crippen LogP contribution in [0.5, 0.6) is 0 Å². The van der Waals surface area contributed by atoms with Gasteiger partial charge < -0.3 is 10.2 Å². The van der Waals surface area contributed by atoms with Gasteiger partial charge in [-0.25, -0.2) is 0 Å². The van der Waals surface area contributed by atoms with Crippen molar-refractivity contribution >= 4 is 18.3 Å². The molecule has 0 aromatic carbocycles. The van der Waals surface area contributed by atoms with Crippen LogP contribution in [-0.2, 0) is 4.79 Å². The Labute approximate surface area is 123 Å². The molecule has 2 aliphatic rings. The summed E-state index contributed by atoms with van der Waals surface area (Å²) in [5.41, 5.74) is 0. The molecule has 0 aromatic rings. The first-order valence-corrected chi connectivity index (χ1v) is 7.68. The molecule has 2 rings (SSSR count). The maximum absolute atomic E-state index is 12.7. The fourth-order valence-electron chi connectivity index (χ4n) is 2.96. The summed E-state index contributed by atoms with van der Waals surface area (Å²) in [6.07, 6.45) is 5.64. The van der Waals surface area contributed by atoms with Crippen molar-refractivity contribution in [3.05, 3.63) is 0 Å². The smallest absolute Gasteiger partial charge is 0.226 e. The van der Waals surface area contributed by atoms with Crippen molar-refractivity contribution < 1.29 is 4.79 Å². The normalized spacial score (nSPS) is 23.3. The highest BCUT2D eigenvalue weighted by Crippen LogP contribution is 2.33. The van der Waals surface area contributed by atoms with Gasteiger partial charge in [0.2, 0.25) is 5.91 Å². The minimum absolute atomic E-state index is 0. The fourth-order valence-corrected chi connectivity index (χ4v) is 2.96. The molecular weight excluding hydrogens is 260 g/mol. The van der Waals surface area contributed by atoms with Crippen molar-refractivity contribution in [1.82, 2.24) is 10.2 Å². The SMILES string of the molecule is CCC(C)C(C)N(C(=O)C1CCNCC1)C1CC1.Cl. The third-order valence-electron chi connectivity index (χ3n) is 4.79. The van der Waals surface area contributed by atoms with Crippen LogP contribution >= 0.6 is 12.4 Å². The average molecular weight is 289 g/mol. The molecule has 1 saturated carbocycles. The molecule has 1 aliphatic carbocycles. The van der Waals surface area contributed by atoms with Crippen molar-refractivity contribution in [2.75, 3.05) is 13.1 Å². The predicted molar refractivity (Wildman–Crippen MR) is 81.6 cm³/mol. The van der Waals surface area contributed by atoms with E-state index in [-0.39, 0.29) is 18.3 Å². The minimum Gasteiger partial charge on any atom is -0.337 e. The van der Waals surface area contributed by atoms with Gasteiger partial charge in [0.15, 0.2) is 0 Å². The first kappa shape index (κ1) is 16.8. The lowest BCUT2D eigenvalue weighted by Gasteiger charge is -2.36. The van der Waals surface area contributed by atoms with E-state index >= 15 is 0 Å². The first-order valence-electron chi connectivity index (χ1n) is 7.68. The van der Waals surface area contributed by atoms with Crippen LogP contribution in [0.2, 0.25) is 0 Å². The van der Waals surface area contributed by atoms with Crippen LogP contribution in [-0.4, -0.2) is 36.0 Å². The zero-order valence-electron chi connectivity index (χ0n) is 12.5. The summed E-state index contributed by atoms with van der Waals surface area (Å²) in [5.74, 6) is 1.32. The van der Waals surface area contributed by atoms with Crippen molar-refractivity contribution in [1.29, 1.82) is 0 Å². The number of nitrogens with zero attached hydrogens (tertiary/aromatic N) is 1. The molecule has 0 radical (unpaired) electrons. The molecule has 1 N–H and O–H groups in total. The van der Waals surface area contributed by atoms with Crippen molar-refractivity contribution in [3.63, 3.8) is 0 Å². The number of carbonyl (C=O) groups is 1. The monoisotopic (exact) mass is 288 g/mol. The third kappa shape index (κ3) is 4.09. The van der Waals surface area contributed by atoms with Gasteiger partial charge in [0, 0.05) is 18.0 Å². The summed E-state index contributed by atoms with van der Waals surface area (Å²) in [6, 6.07) is 0.960. The molecule has 2 unspecified atom stereocenters. The Bertz CT molecular complexity index is 288. The summed E-state index contributed by atoms with van der Waals surface area (Å²) in [7, 11) is 0. The molecule has 1 amide bonds. The highest BCUT2D eigenvalue weighted by atomic mass is 35.5. The number of rotatable bonds is 5. The number of piperidine rings is 1. The number of halogens is 1. The first-order chi connectivity index (χ1) is 8.65. The lowest BCUT2D eigenvalue weighted by molar-refractivity contribution is -0.140. The molecule has 2 fully saturated rings. The number of amides is 1. The van der Waals surface area contributed by atoms with E-state index in [4.69, 9.17) is 0 Å². The van der Waals surface area contributed by atoms with Crippen LogP contribution in [0, 0.1) is 11.8 Å². The quantitative estimate of drug-likeness (QED) is 0.844. The molecule has 3 nitrogen and oxygen atoms in total. The topological polar surface area (TPSA) is 32.3 Å². The number of carbonyl (C=O) groups excluding carboxylic acids is 1. The van der Waals surface area contributed by atoms with Gasteiger partial charge in [0.05, 0.1) is 0 Å². The molecule has 0 aromatic heterocycles. The minimum atomic E-state index is 0. The zero-order chi connectivity index (χ0) is 13.1. The largest absolute Gasteiger partial charge is 0.337 e. The summed E-state index contributed by atoms with van der Waals surface area (Å²) in [6.45, 7) is 8.75. The van der Waals surface area contributed by atoms with Gasteiger partial charge in [-0.1, -0.05) is 20.3 Å². The Kier molecular flexibility index (Phi) is 6.61.